The predicted molar refractivity (Wildman–Crippen MR) is 103 cm³/mol. The zero-order chi connectivity index (χ0) is 18.8. The summed E-state index contributed by atoms with van der Waals surface area (Å²) < 4.78 is 27.0. The zero-order valence-corrected chi connectivity index (χ0v) is 16.9. The number of halogens is 1. The van der Waals surface area contributed by atoms with Crippen LogP contribution in [0, 0.1) is 0 Å². The van der Waals surface area contributed by atoms with E-state index in [9.17, 15) is 13.5 Å². The van der Waals surface area contributed by atoms with Gasteiger partial charge in [-0.05, 0) is 49.4 Å². The van der Waals surface area contributed by atoms with Crippen molar-refractivity contribution >= 4 is 26.0 Å². The Kier molecular flexibility index (Phi) is 5.76. The van der Waals surface area contributed by atoms with Crippen LogP contribution < -0.4 is 4.72 Å². The molecule has 0 spiro atoms. The number of aliphatic hydroxyl groups excluding tert-OH is 1. The summed E-state index contributed by atoms with van der Waals surface area (Å²) in [5.74, 6) is 0.668. The third-order valence-electron chi connectivity index (χ3n) is 4.77. The molecular weight excluding hydrogens is 418 g/mol. The van der Waals surface area contributed by atoms with Gasteiger partial charge in [-0.3, -0.25) is 0 Å². The maximum Gasteiger partial charge on any atom is 0.208 e. The maximum absolute atomic E-state index is 11.7. The minimum Gasteiger partial charge on any atom is -0.390 e. The van der Waals surface area contributed by atoms with Crippen molar-refractivity contribution in [3.05, 3.63) is 58.1 Å². The summed E-state index contributed by atoms with van der Waals surface area (Å²) in [4.78, 5) is 9.02. The lowest BCUT2D eigenvalue weighted by molar-refractivity contribution is 0.274. The van der Waals surface area contributed by atoms with Crippen LogP contribution in [0.3, 0.4) is 0 Å². The summed E-state index contributed by atoms with van der Waals surface area (Å²) in [6, 6.07) is 9.63. The average Bonchev–Trinajstić information content (AvgIpc) is 2.97. The van der Waals surface area contributed by atoms with Gasteiger partial charge in [0.1, 0.15) is 5.82 Å². The van der Waals surface area contributed by atoms with Crippen molar-refractivity contribution < 1.29 is 13.5 Å². The van der Waals surface area contributed by atoms with E-state index in [4.69, 9.17) is 0 Å². The highest BCUT2D eigenvalue weighted by molar-refractivity contribution is 9.10. The van der Waals surface area contributed by atoms with Gasteiger partial charge in [0.15, 0.2) is 0 Å². The summed E-state index contributed by atoms with van der Waals surface area (Å²) in [6.45, 7) is -0.145. The molecule has 1 aliphatic carbocycles. The van der Waals surface area contributed by atoms with E-state index in [2.05, 4.69) is 42.8 Å². The van der Waals surface area contributed by atoms with Crippen LogP contribution >= 0.6 is 15.9 Å². The summed E-state index contributed by atoms with van der Waals surface area (Å²) in [7, 11) is -3.27. The molecule has 0 aliphatic heterocycles. The predicted octanol–water partition coefficient (Wildman–Crippen LogP) is 2.31. The summed E-state index contributed by atoms with van der Waals surface area (Å²) >= 11 is 3.50. The molecule has 0 saturated heterocycles. The summed E-state index contributed by atoms with van der Waals surface area (Å²) in [5.41, 5.74) is 1.34. The first-order chi connectivity index (χ1) is 12.3. The van der Waals surface area contributed by atoms with Crippen molar-refractivity contribution in [1.82, 2.24) is 14.7 Å². The van der Waals surface area contributed by atoms with Crippen LogP contribution in [0.4, 0.5) is 0 Å². The molecule has 0 unspecified atom stereocenters. The van der Waals surface area contributed by atoms with E-state index in [1.807, 2.05) is 12.1 Å². The number of nitrogens with one attached hydrogen (secondary N) is 1. The van der Waals surface area contributed by atoms with Crippen molar-refractivity contribution in [1.29, 1.82) is 0 Å². The van der Waals surface area contributed by atoms with E-state index in [0.29, 0.717) is 24.4 Å². The number of aliphatic hydroxyl groups is 1. The first-order valence-corrected chi connectivity index (χ1v) is 11.1. The normalized spacial score (nSPS) is 23.3. The van der Waals surface area contributed by atoms with Crippen molar-refractivity contribution in [2.45, 2.75) is 43.7 Å². The zero-order valence-electron chi connectivity index (χ0n) is 14.5. The lowest BCUT2D eigenvalue weighted by atomic mass is 9.79. The topological polar surface area (TPSA) is 92.2 Å². The summed E-state index contributed by atoms with van der Waals surface area (Å²) in [6.07, 6.45) is 5.69. The number of hydrogen-bond donors (Lipinski definition) is 2. The number of rotatable bonds is 6. The maximum atomic E-state index is 11.7. The number of nitrogens with zero attached hydrogens (tertiary/aromatic N) is 2. The molecule has 1 heterocycles. The molecule has 0 bridgehead atoms. The van der Waals surface area contributed by atoms with Gasteiger partial charge in [0.2, 0.25) is 10.0 Å². The minimum atomic E-state index is -3.27. The van der Waals surface area contributed by atoms with Gasteiger partial charge in [-0.15, -0.1) is 0 Å². The number of aromatic nitrogens is 2. The highest BCUT2D eigenvalue weighted by Crippen LogP contribution is 2.42. The second-order valence-electron chi connectivity index (χ2n) is 6.95. The second-order valence-corrected chi connectivity index (χ2v) is 9.64. The fraction of sp³-hybridized carbons (Fsp3) is 0.444. The Morgan fingerprint density at radius 1 is 1.38 bits per heavy atom. The van der Waals surface area contributed by atoms with Gasteiger partial charge in [-0.2, -0.15) is 0 Å². The molecule has 140 valence electrons. The SMILES string of the molecule is CS(=O)(=O)N[C@H]1CC[C@](Cc2cccc(Br)c2)(c2nccc(CO)n2)C1. The van der Waals surface area contributed by atoms with Crippen LogP contribution in [0.2, 0.25) is 0 Å². The monoisotopic (exact) mass is 439 g/mol. The second kappa shape index (κ2) is 7.72. The molecule has 6 nitrogen and oxygen atoms in total. The van der Waals surface area contributed by atoms with E-state index in [0.717, 1.165) is 22.9 Å². The van der Waals surface area contributed by atoms with Gasteiger partial charge < -0.3 is 5.11 Å². The molecule has 1 fully saturated rings. The largest absolute Gasteiger partial charge is 0.390 e. The molecule has 1 aromatic heterocycles. The van der Waals surface area contributed by atoms with Crippen LogP contribution in [-0.2, 0) is 28.5 Å². The van der Waals surface area contributed by atoms with Crippen LogP contribution in [0.15, 0.2) is 41.0 Å². The fourth-order valence-corrected chi connectivity index (χ4v) is 5.00. The third kappa shape index (κ3) is 4.68. The van der Waals surface area contributed by atoms with Gasteiger partial charge in [-0.25, -0.2) is 23.1 Å². The van der Waals surface area contributed by atoms with Crippen LogP contribution in [0.25, 0.3) is 0 Å². The van der Waals surface area contributed by atoms with Gasteiger partial charge in [-0.1, -0.05) is 28.1 Å². The molecule has 1 aromatic carbocycles. The van der Waals surface area contributed by atoms with E-state index in [1.54, 1.807) is 12.3 Å². The molecular formula is C18H22BrN3O3S. The molecule has 0 radical (unpaired) electrons. The Morgan fingerprint density at radius 2 is 2.19 bits per heavy atom. The summed E-state index contributed by atoms with van der Waals surface area (Å²) in [5, 5.41) is 9.43. The fourth-order valence-electron chi connectivity index (χ4n) is 3.75. The van der Waals surface area contributed by atoms with Crippen LogP contribution in [-0.4, -0.2) is 35.8 Å². The van der Waals surface area contributed by atoms with Crippen molar-refractivity contribution in [2.24, 2.45) is 0 Å². The Labute approximate surface area is 162 Å². The standard InChI is InChI=1S/C18H22BrN3O3S/c1-26(24,25)22-15-5-7-18(11-15,10-13-3-2-4-14(19)9-13)17-20-8-6-16(12-23)21-17/h2-4,6,8-9,15,22-23H,5,7,10-12H2,1H3/t15-,18+/m0/s1. The van der Waals surface area contributed by atoms with Crippen molar-refractivity contribution in [3.63, 3.8) is 0 Å². The number of sulfonamides is 1. The Balaban J connectivity index is 1.96. The van der Waals surface area contributed by atoms with Gasteiger partial charge in [0.25, 0.3) is 0 Å². The first-order valence-electron chi connectivity index (χ1n) is 8.45. The van der Waals surface area contributed by atoms with E-state index in [1.165, 1.54) is 6.26 Å². The molecule has 0 amide bonds. The highest BCUT2D eigenvalue weighted by atomic mass is 79.9. The van der Waals surface area contributed by atoms with Crippen LogP contribution in [0.1, 0.15) is 36.3 Å². The quantitative estimate of drug-likeness (QED) is 0.720. The van der Waals surface area contributed by atoms with Crippen molar-refractivity contribution in [3.8, 4) is 0 Å². The first kappa shape index (κ1) is 19.4. The molecule has 26 heavy (non-hydrogen) atoms. The van der Waals surface area contributed by atoms with Crippen LogP contribution in [0.5, 0.6) is 0 Å². The molecule has 1 saturated carbocycles. The molecule has 8 heteroatoms. The molecule has 3 rings (SSSR count). The van der Waals surface area contributed by atoms with Gasteiger partial charge in [0.05, 0.1) is 18.6 Å². The smallest absolute Gasteiger partial charge is 0.208 e. The molecule has 2 N–H and O–H groups in total. The Hall–Kier alpha value is -1.35. The third-order valence-corrected chi connectivity index (χ3v) is 6.03. The highest BCUT2D eigenvalue weighted by Gasteiger charge is 2.43. The Morgan fingerprint density at radius 3 is 2.88 bits per heavy atom. The van der Waals surface area contributed by atoms with E-state index in [-0.39, 0.29) is 18.1 Å². The van der Waals surface area contributed by atoms with Gasteiger partial charge >= 0.3 is 0 Å². The van der Waals surface area contributed by atoms with Gasteiger partial charge in [0, 0.05) is 22.1 Å². The van der Waals surface area contributed by atoms with E-state index >= 15 is 0 Å². The lowest BCUT2D eigenvalue weighted by Gasteiger charge is -2.28. The van der Waals surface area contributed by atoms with Crippen molar-refractivity contribution in [2.75, 3.05) is 6.26 Å². The minimum absolute atomic E-state index is 0.140. The Bertz CT molecular complexity index is 891. The number of benzene rings is 1. The van der Waals surface area contributed by atoms with E-state index < -0.39 is 10.0 Å². The molecule has 1 aliphatic rings. The molecule has 2 atom stereocenters. The number of hydrogen-bond acceptors (Lipinski definition) is 5. The average molecular weight is 440 g/mol. The molecule has 2 aromatic rings. The lowest BCUT2D eigenvalue weighted by Crippen LogP contribution is -2.35.